The molecule has 1 unspecified atom stereocenters. The molecule has 1 saturated carbocycles. The second-order valence-corrected chi connectivity index (χ2v) is 4.40. The number of aliphatic carboxylic acids is 1. The van der Waals surface area contributed by atoms with Gasteiger partial charge in [0.05, 0.1) is 0 Å². The molecule has 2 amide bonds. The number of hydrogen-bond acceptors (Lipinski definition) is 3. The van der Waals surface area contributed by atoms with Crippen LogP contribution in [0.5, 0.6) is 0 Å². The first-order valence-corrected chi connectivity index (χ1v) is 5.36. The Hall–Kier alpha value is -1.59. The molecule has 6 nitrogen and oxygen atoms in total. The van der Waals surface area contributed by atoms with Crippen LogP contribution in [0, 0.1) is 5.41 Å². The van der Waals surface area contributed by atoms with Crippen LogP contribution >= 0.6 is 0 Å². The summed E-state index contributed by atoms with van der Waals surface area (Å²) in [5, 5.41) is 14.2. The Kier molecular flexibility index (Phi) is 2.57. The number of carbonyl (C=O) groups excluding carboxylic acids is 2. The van der Waals surface area contributed by atoms with Crippen molar-refractivity contribution in [2.75, 3.05) is 6.54 Å². The minimum Gasteiger partial charge on any atom is -0.480 e. The molecule has 0 bridgehead atoms. The Bertz CT molecular complexity index is 339. The number of piperidine rings is 1. The highest BCUT2D eigenvalue weighted by atomic mass is 16.4. The maximum Gasteiger partial charge on any atom is 0.319 e. The van der Waals surface area contributed by atoms with Gasteiger partial charge in [0.2, 0.25) is 11.8 Å². The minimum absolute atomic E-state index is 0.0233. The maximum atomic E-state index is 11.7. The zero-order chi connectivity index (χ0) is 11.8. The van der Waals surface area contributed by atoms with Gasteiger partial charge in [-0.2, -0.15) is 0 Å². The van der Waals surface area contributed by atoms with E-state index < -0.39 is 17.3 Å². The lowest BCUT2D eigenvalue weighted by atomic mass is 10.0. The Morgan fingerprint density at radius 3 is 2.56 bits per heavy atom. The lowest BCUT2D eigenvalue weighted by Gasteiger charge is -2.24. The second-order valence-electron chi connectivity index (χ2n) is 4.40. The zero-order valence-electron chi connectivity index (χ0n) is 8.78. The topological polar surface area (TPSA) is 95.5 Å². The molecular formula is C10H14N2O4. The summed E-state index contributed by atoms with van der Waals surface area (Å²) in [6, 6.07) is -0.137. The summed E-state index contributed by atoms with van der Waals surface area (Å²) in [5.41, 5.74) is -1.19. The van der Waals surface area contributed by atoms with Crippen molar-refractivity contribution >= 4 is 17.8 Å². The van der Waals surface area contributed by atoms with Crippen LogP contribution in [0.1, 0.15) is 25.7 Å². The van der Waals surface area contributed by atoms with Crippen LogP contribution in [0.3, 0.4) is 0 Å². The summed E-state index contributed by atoms with van der Waals surface area (Å²) in [4.78, 5) is 33.5. The number of carboxylic acids is 1. The van der Waals surface area contributed by atoms with Gasteiger partial charge in [0.15, 0.2) is 0 Å². The molecule has 3 N–H and O–H groups in total. The molecule has 1 aliphatic carbocycles. The largest absolute Gasteiger partial charge is 0.480 e. The van der Waals surface area contributed by atoms with E-state index in [-0.39, 0.29) is 11.9 Å². The van der Waals surface area contributed by atoms with Gasteiger partial charge in [0, 0.05) is 19.0 Å². The SMILES string of the molecule is O=C1CCC(NC(=O)C2(C(=O)O)CC2)CN1. The first kappa shape index (κ1) is 10.9. The molecule has 6 heteroatoms. The quantitative estimate of drug-likeness (QED) is 0.551. The molecule has 0 radical (unpaired) electrons. The molecule has 0 aromatic rings. The van der Waals surface area contributed by atoms with Gasteiger partial charge in [-0.05, 0) is 19.3 Å². The second kappa shape index (κ2) is 3.77. The van der Waals surface area contributed by atoms with Crippen LogP contribution in [-0.4, -0.2) is 35.5 Å². The molecule has 16 heavy (non-hydrogen) atoms. The van der Waals surface area contributed by atoms with Crippen molar-refractivity contribution in [3.8, 4) is 0 Å². The number of carboxylic acid groups (broad SMARTS) is 1. The van der Waals surface area contributed by atoms with E-state index >= 15 is 0 Å². The summed E-state index contributed by atoms with van der Waals surface area (Å²) < 4.78 is 0. The fraction of sp³-hybridized carbons (Fsp3) is 0.700. The van der Waals surface area contributed by atoms with Crippen molar-refractivity contribution in [2.45, 2.75) is 31.7 Å². The van der Waals surface area contributed by atoms with Gasteiger partial charge < -0.3 is 15.7 Å². The Morgan fingerprint density at radius 2 is 2.12 bits per heavy atom. The third kappa shape index (κ3) is 1.87. The molecule has 88 valence electrons. The first-order valence-electron chi connectivity index (χ1n) is 5.36. The van der Waals surface area contributed by atoms with E-state index in [2.05, 4.69) is 10.6 Å². The highest BCUT2D eigenvalue weighted by Crippen LogP contribution is 2.46. The molecule has 0 aromatic carbocycles. The first-order chi connectivity index (χ1) is 7.54. The van der Waals surface area contributed by atoms with Gasteiger partial charge in [-0.15, -0.1) is 0 Å². The molecule has 2 aliphatic rings. The highest BCUT2D eigenvalue weighted by Gasteiger charge is 2.57. The number of amides is 2. The summed E-state index contributed by atoms with van der Waals surface area (Å²) in [5.74, 6) is -1.49. The van der Waals surface area contributed by atoms with Crippen molar-refractivity contribution in [2.24, 2.45) is 5.41 Å². The van der Waals surface area contributed by atoms with E-state index in [1.165, 1.54) is 0 Å². The van der Waals surface area contributed by atoms with E-state index in [9.17, 15) is 14.4 Å². The molecule has 1 aliphatic heterocycles. The predicted molar refractivity (Wildman–Crippen MR) is 53.5 cm³/mol. The molecule has 2 rings (SSSR count). The molecule has 1 saturated heterocycles. The van der Waals surface area contributed by atoms with Crippen LogP contribution < -0.4 is 10.6 Å². The monoisotopic (exact) mass is 226 g/mol. The van der Waals surface area contributed by atoms with Gasteiger partial charge >= 0.3 is 5.97 Å². The molecule has 1 heterocycles. The van der Waals surface area contributed by atoms with Crippen LogP contribution in [0.25, 0.3) is 0 Å². The Morgan fingerprint density at radius 1 is 1.44 bits per heavy atom. The number of nitrogens with one attached hydrogen (secondary N) is 2. The Labute approximate surface area is 92.4 Å². The van der Waals surface area contributed by atoms with E-state index in [4.69, 9.17) is 5.11 Å². The van der Waals surface area contributed by atoms with Crippen LogP contribution in [-0.2, 0) is 14.4 Å². The van der Waals surface area contributed by atoms with Gasteiger partial charge in [0.25, 0.3) is 0 Å². The van der Waals surface area contributed by atoms with Crippen molar-refractivity contribution in [1.29, 1.82) is 0 Å². The van der Waals surface area contributed by atoms with Crippen LogP contribution in [0.2, 0.25) is 0 Å². The number of carbonyl (C=O) groups is 3. The third-order valence-corrected chi connectivity index (χ3v) is 3.19. The van der Waals surface area contributed by atoms with Gasteiger partial charge in [-0.25, -0.2) is 0 Å². The van der Waals surface area contributed by atoms with E-state index in [0.29, 0.717) is 32.2 Å². The highest BCUT2D eigenvalue weighted by molar-refractivity contribution is 6.05. The summed E-state index contributed by atoms with van der Waals surface area (Å²) in [6.45, 7) is 0.389. The molecule has 0 aromatic heterocycles. The maximum absolute atomic E-state index is 11.7. The lowest BCUT2D eigenvalue weighted by molar-refractivity contribution is -0.149. The standard InChI is InChI=1S/C10H14N2O4/c13-7-2-1-6(5-11-7)12-8(14)10(3-4-10)9(15)16/h6H,1-5H2,(H,11,13)(H,12,14)(H,15,16). The predicted octanol–water partition coefficient (Wildman–Crippen LogP) is -0.754. The zero-order valence-corrected chi connectivity index (χ0v) is 8.78. The number of hydrogen-bond donors (Lipinski definition) is 3. The van der Waals surface area contributed by atoms with E-state index in [1.54, 1.807) is 0 Å². The Balaban J connectivity index is 1.88. The fourth-order valence-corrected chi connectivity index (χ4v) is 1.84. The number of rotatable bonds is 3. The van der Waals surface area contributed by atoms with Crippen LogP contribution in [0.15, 0.2) is 0 Å². The molecule has 0 spiro atoms. The summed E-state index contributed by atoms with van der Waals surface area (Å²) in [7, 11) is 0. The molecular weight excluding hydrogens is 212 g/mol. The summed E-state index contributed by atoms with van der Waals surface area (Å²) in [6.07, 6.45) is 1.78. The average molecular weight is 226 g/mol. The van der Waals surface area contributed by atoms with Crippen molar-refractivity contribution < 1.29 is 19.5 Å². The van der Waals surface area contributed by atoms with Crippen LogP contribution in [0.4, 0.5) is 0 Å². The van der Waals surface area contributed by atoms with Crippen molar-refractivity contribution in [3.63, 3.8) is 0 Å². The van der Waals surface area contributed by atoms with Crippen molar-refractivity contribution in [1.82, 2.24) is 10.6 Å². The van der Waals surface area contributed by atoms with Gasteiger partial charge in [0.1, 0.15) is 5.41 Å². The van der Waals surface area contributed by atoms with Gasteiger partial charge in [-0.1, -0.05) is 0 Å². The summed E-state index contributed by atoms with van der Waals surface area (Å²) >= 11 is 0. The average Bonchev–Trinajstić information content (AvgIpc) is 3.02. The third-order valence-electron chi connectivity index (χ3n) is 3.19. The smallest absolute Gasteiger partial charge is 0.319 e. The lowest BCUT2D eigenvalue weighted by Crippen LogP contribution is -2.50. The van der Waals surface area contributed by atoms with E-state index in [0.717, 1.165) is 0 Å². The molecule has 1 atom stereocenters. The minimum atomic E-state index is -1.19. The van der Waals surface area contributed by atoms with E-state index in [1.807, 2.05) is 0 Å². The molecule has 2 fully saturated rings. The van der Waals surface area contributed by atoms with Crippen molar-refractivity contribution in [3.05, 3.63) is 0 Å². The fourth-order valence-electron chi connectivity index (χ4n) is 1.84. The van der Waals surface area contributed by atoms with Gasteiger partial charge in [-0.3, -0.25) is 14.4 Å². The normalized spacial score (nSPS) is 26.8.